The van der Waals surface area contributed by atoms with Gasteiger partial charge in [0, 0.05) is 18.2 Å². The predicted octanol–water partition coefficient (Wildman–Crippen LogP) is 4.84. The Morgan fingerprint density at radius 3 is 2.63 bits per heavy atom. The lowest BCUT2D eigenvalue weighted by molar-refractivity contribution is -0.116. The molecule has 5 nitrogen and oxygen atoms in total. The Morgan fingerprint density at radius 2 is 1.89 bits per heavy atom. The number of benzene rings is 2. The Hall–Kier alpha value is -2.69. The van der Waals surface area contributed by atoms with E-state index in [1.54, 1.807) is 13.2 Å². The molecule has 0 saturated carbocycles. The molecule has 0 atom stereocenters. The predicted molar refractivity (Wildman–Crippen MR) is 108 cm³/mol. The maximum absolute atomic E-state index is 12.2. The van der Waals surface area contributed by atoms with Crippen molar-refractivity contribution < 1.29 is 19.0 Å². The summed E-state index contributed by atoms with van der Waals surface area (Å²) >= 11 is 0. The highest BCUT2D eigenvalue weighted by Crippen LogP contribution is 2.29. The Kier molecular flexibility index (Phi) is 8.49. The molecule has 0 aliphatic rings. The van der Waals surface area contributed by atoms with Crippen molar-refractivity contribution in [3.05, 3.63) is 48.0 Å². The van der Waals surface area contributed by atoms with E-state index in [9.17, 15) is 4.79 Å². The van der Waals surface area contributed by atoms with Crippen LogP contribution in [0.15, 0.2) is 42.5 Å². The van der Waals surface area contributed by atoms with Gasteiger partial charge in [-0.3, -0.25) is 4.79 Å². The molecule has 0 spiro atoms. The minimum Gasteiger partial charge on any atom is -0.497 e. The summed E-state index contributed by atoms with van der Waals surface area (Å²) in [6.07, 6.45) is 3.12. The van der Waals surface area contributed by atoms with Crippen molar-refractivity contribution in [2.45, 2.75) is 39.5 Å². The highest BCUT2D eigenvalue weighted by molar-refractivity contribution is 5.91. The summed E-state index contributed by atoms with van der Waals surface area (Å²) in [6, 6.07) is 13.2. The van der Waals surface area contributed by atoms with Crippen LogP contribution in [0.3, 0.4) is 0 Å². The van der Waals surface area contributed by atoms with E-state index < -0.39 is 0 Å². The second-order valence-electron chi connectivity index (χ2n) is 6.20. The lowest BCUT2D eigenvalue weighted by Crippen LogP contribution is -2.12. The number of anilines is 1. The van der Waals surface area contributed by atoms with Gasteiger partial charge in [0.05, 0.1) is 20.3 Å². The van der Waals surface area contributed by atoms with Gasteiger partial charge in [-0.1, -0.05) is 25.5 Å². The topological polar surface area (TPSA) is 56.8 Å². The number of unbranched alkanes of at least 4 members (excludes halogenated alkanes) is 1. The van der Waals surface area contributed by atoms with E-state index in [2.05, 4.69) is 12.2 Å². The number of ether oxygens (including phenoxy) is 3. The van der Waals surface area contributed by atoms with Gasteiger partial charge < -0.3 is 19.5 Å². The molecule has 0 saturated heterocycles. The molecule has 0 bridgehead atoms. The third-order valence-corrected chi connectivity index (χ3v) is 4.06. The molecule has 146 valence electrons. The van der Waals surface area contributed by atoms with Gasteiger partial charge in [-0.25, -0.2) is 0 Å². The molecule has 2 aromatic rings. The average molecular weight is 371 g/mol. The summed E-state index contributed by atoms with van der Waals surface area (Å²) in [5, 5.41) is 2.90. The van der Waals surface area contributed by atoms with Crippen LogP contribution in [0.4, 0.5) is 5.69 Å². The van der Waals surface area contributed by atoms with Gasteiger partial charge >= 0.3 is 0 Å². The van der Waals surface area contributed by atoms with Gasteiger partial charge in [-0.05, 0) is 49.6 Å². The highest BCUT2D eigenvalue weighted by atomic mass is 16.5. The first-order valence-corrected chi connectivity index (χ1v) is 9.48. The van der Waals surface area contributed by atoms with Crippen LogP contribution < -0.4 is 19.5 Å². The summed E-state index contributed by atoms with van der Waals surface area (Å²) in [7, 11) is 1.60. The number of rotatable bonds is 11. The Bertz CT molecular complexity index is 730. The van der Waals surface area contributed by atoms with Crippen molar-refractivity contribution in [2.24, 2.45) is 0 Å². The SMILES string of the molecule is CCCCOc1ccc(CCC(=O)Nc2cccc(OC)c2)cc1OCC. The lowest BCUT2D eigenvalue weighted by atomic mass is 10.1. The second kappa shape index (κ2) is 11.1. The van der Waals surface area contributed by atoms with Crippen LogP contribution in [-0.2, 0) is 11.2 Å². The summed E-state index contributed by atoms with van der Waals surface area (Å²) < 4.78 is 16.7. The second-order valence-corrected chi connectivity index (χ2v) is 6.20. The van der Waals surface area contributed by atoms with Gasteiger partial charge in [0.15, 0.2) is 11.5 Å². The maximum Gasteiger partial charge on any atom is 0.224 e. The minimum atomic E-state index is -0.0375. The fourth-order valence-corrected chi connectivity index (χ4v) is 2.60. The first-order chi connectivity index (χ1) is 13.2. The number of aryl methyl sites for hydroxylation is 1. The molecule has 2 rings (SSSR count). The monoisotopic (exact) mass is 371 g/mol. The minimum absolute atomic E-state index is 0.0375. The molecule has 2 aromatic carbocycles. The molecule has 1 N–H and O–H groups in total. The fourth-order valence-electron chi connectivity index (χ4n) is 2.60. The van der Waals surface area contributed by atoms with Gasteiger partial charge in [0.2, 0.25) is 5.91 Å². The molecule has 5 heteroatoms. The number of carbonyl (C=O) groups is 1. The fraction of sp³-hybridized carbons (Fsp3) is 0.409. The molecule has 0 aliphatic heterocycles. The van der Waals surface area contributed by atoms with Crippen LogP contribution >= 0.6 is 0 Å². The summed E-state index contributed by atoms with van der Waals surface area (Å²) in [5.74, 6) is 2.17. The molecular weight excluding hydrogens is 342 g/mol. The van der Waals surface area contributed by atoms with Crippen molar-refractivity contribution in [3.8, 4) is 17.2 Å². The first kappa shape index (κ1) is 20.6. The molecule has 0 aromatic heterocycles. The van der Waals surface area contributed by atoms with E-state index in [1.807, 2.05) is 43.3 Å². The van der Waals surface area contributed by atoms with Crippen LogP contribution in [0.1, 0.15) is 38.7 Å². The third-order valence-electron chi connectivity index (χ3n) is 4.06. The molecule has 27 heavy (non-hydrogen) atoms. The number of amides is 1. The van der Waals surface area contributed by atoms with Gasteiger partial charge in [0.1, 0.15) is 5.75 Å². The number of carbonyl (C=O) groups excluding carboxylic acids is 1. The van der Waals surface area contributed by atoms with Crippen molar-refractivity contribution in [1.82, 2.24) is 0 Å². The Balaban J connectivity index is 1.93. The van der Waals surface area contributed by atoms with Gasteiger partial charge in [0.25, 0.3) is 0 Å². The average Bonchev–Trinajstić information content (AvgIpc) is 2.68. The normalized spacial score (nSPS) is 10.3. The van der Waals surface area contributed by atoms with Gasteiger partial charge in [-0.2, -0.15) is 0 Å². The van der Waals surface area contributed by atoms with E-state index in [-0.39, 0.29) is 5.91 Å². The van der Waals surface area contributed by atoms with Crippen LogP contribution in [0.25, 0.3) is 0 Å². The summed E-state index contributed by atoms with van der Waals surface area (Å²) in [5.41, 5.74) is 1.77. The molecule has 0 fully saturated rings. The zero-order valence-corrected chi connectivity index (χ0v) is 16.4. The Morgan fingerprint density at radius 1 is 1.04 bits per heavy atom. The molecule has 0 radical (unpaired) electrons. The summed E-state index contributed by atoms with van der Waals surface area (Å²) in [6.45, 7) is 5.33. The lowest BCUT2D eigenvalue weighted by Gasteiger charge is -2.13. The number of hydrogen-bond donors (Lipinski definition) is 1. The molecular formula is C22H29NO4. The number of methoxy groups -OCH3 is 1. The van der Waals surface area contributed by atoms with Gasteiger partial charge in [-0.15, -0.1) is 0 Å². The maximum atomic E-state index is 12.2. The standard InChI is InChI=1S/C22H29NO4/c1-4-6-14-27-20-12-10-17(15-21(20)26-5-2)11-13-22(24)23-18-8-7-9-19(16-18)25-3/h7-10,12,15-16H,4-6,11,13-14H2,1-3H3,(H,23,24). The van der Waals surface area contributed by atoms with E-state index >= 15 is 0 Å². The highest BCUT2D eigenvalue weighted by Gasteiger charge is 2.09. The molecule has 0 heterocycles. The van der Waals surface area contributed by atoms with Crippen LogP contribution in [0.5, 0.6) is 17.2 Å². The van der Waals surface area contributed by atoms with Crippen LogP contribution in [0.2, 0.25) is 0 Å². The smallest absolute Gasteiger partial charge is 0.224 e. The van der Waals surface area contributed by atoms with Crippen molar-refractivity contribution in [1.29, 1.82) is 0 Å². The van der Waals surface area contributed by atoms with E-state index in [1.165, 1.54) is 0 Å². The zero-order valence-electron chi connectivity index (χ0n) is 16.4. The van der Waals surface area contributed by atoms with Crippen molar-refractivity contribution in [3.63, 3.8) is 0 Å². The van der Waals surface area contributed by atoms with E-state index in [4.69, 9.17) is 14.2 Å². The summed E-state index contributed by atoms with van der Waals surface area (Å²) in [4.78, 5) is 12.2. The zero-order chi connectivity index (χ0) is 19.5. The quantitative estimate of drug-likeness (QED) is 0.574. The van der Waals surface area contributed by atoms with Crippen LogP contribution in [0, 0.1) is 0 Å². The Labute approximate surface area is 161 Å². The van der Waals surface area contributed by atoms with Crippen molar-refractivity contribution in [2.75, 3.05) is 25.6 Å². The largest absolute Gasteiger partial charge is 0.497 e. The van der Waals surface area contributed by atoms with E-state index in [0.29, 0.717) is 31.8 Å². The first-order valence-electron chi connectivity index (χ1n) is 9.48. The molecule has 1 amide bonds. The van der Waals surface area contributed by atoms with Crippen LogP contribution in [-0.4, -0.2) is 26.2 Å². The van der Waals surface area contributed by atoms with E-state index in [0.717, 1.165) is 35.6 Å². The number of hydrogen-bond acceptors (Lipinski definition) is 4. The third kappa shape index (κ3) is 6.85. The number of nitrogens with one attached hydrogen (secondary N) is 1. The van der Waals surface area contributed by atoms with Crippen molar-refractivity contribution >= 4 is 11.6 Å². The molecule has 0 aliphatic carbocycles. The molecule has 0 unspecified atom stereocenters.